The summed E-state index contributed by atoms with van der Waals surface area (Å²) in [5.74, 6) is 4.03. The number of ether oxygens (including phenoxy) is 2. The summed E-state index contributed by atoms with van der Waals surface area (Å²) in [5.41, 5.74) is 2.24. The second-order valence-corrected chi connectivity index (χ2v) is 8.84. The van der Waals surface area contributed by atoms with Gasteiger partial charge in [0.25, 0.3) is 0 Å². The molecule has 2 saturated carbocycles. The van der Waals surface area contributed by atoms with E-state index < -0.39 is 0 Å². The molecule has 2 aliphatic rings. The van der Waals surface area contributed by atoms with E-state index in [0.29, 0.717) is 11.8 Å². The Morgan fingerprint density at radius 1 is 0.966 bits per heavy atom. The summed E-state index contributed by atoms with van der Waals surface area (Å²) in [7, 11) is 1.63. The lowest BCUT2D eigenvalue weighted by atomic mass is 9.79. The Morgan fingerprint density at radius 2 is 1.76 bits per heavy atom. The molecule has 2 aromatic carbocycles. The summed E-state index contributed by atoms with van der Waals surface area (Å²) in [5, 5.41) is 0. The topological polar surface area (TPSA) is 18.5 Å². The molecule has 0 radical (unpaired) electrons. The third-order valence-electron chi connectivity index (χ3n) is 6.89. The Bertz CT molecular complexity index is 806. The standard InChI is InChI=1S/C26H33FO2/c1-3-24(19-11-12-19)21-5-4-6-23(15-21)29-17-18-7-9-20(10-8-18)25-16-22(28-2)13-14-26(25)27/h4-6,13-16,18-20,24H,3,7-12,17H2,1-2H3/t18?,20?,24-/m0/s1. The van der Waals surface area contributed by atoms with Crippen molar-refractivity contribution < 1.29 is 13.9 Å². The van der Waals surface area contributed by atoms with E-state index >= 15 is 0 Å². The number of hydrogen-bond donors (Lipinski definition) is 0. The van der Waals surface area contributed by atoms with Gasteiger partial charge in [-0.3, -0.25) is 0 Å². The maximum absolute atomic E-state index is 14.3. The van der Waals surface area contributed by atoms with Gasteiger partial charge in [-0.25, -0.2) is 4.39 Å². The van der Waals surface area contributed by atoms with Crippen molar-refractivity contribution in [3.8, 4) is 11.5 Å². The fourth-order valence-corrected chi connectivity index (χ4v) is 4.99. The molecule has 2 aromatic rings. The van der Waals surface area contributed by atoms with E-state index in [2.05, 4.69) is 31.2 Å². The highest BCUT2D eigenvalue weighted by Crippen LogP contribution is 2.45. The van der Waals surface area contributed by atoms with E-state index in [1.807, 2.05) is 6.07 Å². The van der Waals surface area contributed by atoms with Gasteiger partial charge in [0, 0.05) is 0 Å². The zero-order chi connectivity index (χ0) is 20.2. The minimum Gasteiger partial charge on any atom is -0.497 e. The highest BCUT2D eigenvalue weighted by Gasteiger charge is 2.31. The molecule has 2 aliphatic carbocycles. The van der Waals surface area contributed by atoms with Gasteiger partial charge < -0.3 is 9.47 Å². The van der Waals surface area contributed by atoms with Gasteiger partial charge in [-0.15, -0.1) is 0 Å². The van der Waals surface area contributed by atoms with Crippen molar-refractivity contribution in [2.45, 2.75) is 63.7 Å². The molecule has 2 fully saturated rings. The lowest BCUT2D eigenvalue weighted by molar-refractivity contribution is 0.199. The molecule has 0 amide bonds. The van der Waals surface area contributed by atoms with Crippen LogP contribution in [0.2, 0.25) is 0 Å². The molecule has 29 heavy (non-hydrogen) atoms. The van der Waals surface area contributed by atoms with Crippen LogP contribution in [0.15, 0.2) is 42.5 Å². The van der Waals surface area contributed by atoms with Crippen LogP contribution in [0.3, 0.4) is 0 Å². The number of hydrogen-bond acceptors (Lipinski definition) is 2. The fourth-order valence-electron chi connectivity index (χ4n) is 4.99. The fraction of sp³-hybridized carbons (Fsp3) is 0.538. The first-order chi connectivity index (χ1) is 14.2. The summed E-state index contributed by atoms with van der Waals surface area (Å²) in [6, 6.07) is 13.8. The number of methoxy groups -OCH3 is 1. The number of benzene rings is 2. The summed E-state index contributed by atoms with van der Waals surface area (Å²) < 4.78 is 25.7. The molecule has 0 heterocycles. The van der Waals surface area contributed by atoms with Gasteiger partial charge >= 0.3 is 0 Å². The van der Waals surface area contributed by atoms with Crippen molar-refractivity contribution in [3.63, 3.8) is 0 Å². The van der Waals surface area contributed by atoms with Gasteiger partial charge in [0.1, 0.15) is 17.3 Å². The van der Waals surface area contributed by atoms with Crippen LogP contribution in [0.25, 0.3) is 0 Å². The quantitative estimate of drug-likeness (QED) is 0.474. The summed E-state index contributed by atoms with van der Waals surface area (Å²) in [4.78, 5) is 0. The Kier molecular flexibility index (Phi) is 6.42. The van der Waals surface area contributed by atoms with E-state index in [1.54, 1.807) is 13.2 Å². The summed E-state index contributed by atoms with van der Waals surface area (Å²) in [6.07, 6.45) is 8.15. The van der Waals surface area contributed by atoms with E-state index in [4.69, 9.17) is 9.47 Å². The van der Waals surface area contributed by atoms with Crippen molar-refractivity contribution in [2.75, 3.05) is 13.7 Å². The van der Waals surface area contributed by atoms with Crippen molar-refractivity contribution in [1.82, 2.24) is 0 Å². The maximum Gasteiger partial charge on any atom is 0.126 e. The molecule has 3 heteroatoms. The molecule has 2 nitrogen and oxygen atoms in total. The van der Waals surface area contributed by atoms with Crippen molar-refractivity contribution in [1.29, 1.82) is 0 Å². The SMILES string of the molecule is CC[C@H](c1cccc(OCC2CCC(c3cc(OC)ccc3F)CC2)c1)C1CC1. The molecular weight excluding hydrogens is 363 g/mol. The monoisotopic (exact) mass is 396 g/mol. The zero-order valence-electron chi connectivity index (χ0n) is 17.7. The Labute approximate surface area is 174 Å². The van der Waals surface area contributed by atoms with Gasteiger partial charge in [0.2, 0.25) is 0 Å². The first-order valence-electron chi connectivity index (χ1n) is 11.2. The minimum atomic E-state index is -0.108. The van der Waals surface area contributed by atoms with E-state index in [0.717, 1.165) is 55.3 Å². The Hall–Kier alpha value is -2.03. The van der Waals surface area contributed by atoms with E-state index in [-0.39, 0.29) is 11.7 Å². The average molecular weight is 397 g/mol. The Balaban J connectivity index is 1.30. The highest BCUT2D eigenvalue weighted by molar-refractivity contribution is 5.33. The largest absolute Gasteiger partial charge is 0.497 e. The third-order valence-corrected chi connectivity index (χ3v) is 6.89. The van der Waals surface area contributed by atoms with Crippen LogP contribution in [0, 0.1) is 17.7 Å². The smallest absolute Gasteiger partial charge is 0.126 e. The minimum absolute atomic E-state index is 0.108. The van der Waals surface area contributed by atoms with Crippen molar-refractivity contribution >= 4 is 0 Å². The molecule has 1 atom stereocenters. The summed E-state index contributed by atoms with van der Waals surface area (Å²) >= 11 is 0. The predicted molar refractivity (Wildman–Crippen MR) is 115 cm³/mol. The maximum atomic E-state index is 14.3. The van der Waals surface area contributed by atoms with Crippen LogP contribution in [0.1, 0.15) is 74.8 Å². The Morgan fingerprint density at radius 3 is 2.45 bits per heavy atom. The van der Waals surface area contributed by atoms with Crippen molar-refractivity contribution in [3.05, 3.63) is 59.4 Å². The number of rotatable bonds is 8. The molecule has 0 saturated heterocycles. The van der Waals surface area contributed by atoms with Gasteiger partial charge in [0.05, 0.1) is 13.7 Å². The molecule has 0 aliphatic heterocycles. The van der Waals surface area contributed by atoms with Crippen LogP contribution in [-0.4, -0.2) is 13.7 Å². The lowest BCUT2D eigenvalue weighted by Gasteiger charge is -2.29. The van der Waals surface area contributed by atoms with Crippen LogP contribution >= 0.6 is 0 Å². The molecule has 0 aromatic heterocycles. The van der Waals surface area contributed by atoms with Crippen molar-refractivity contribution in [2.24, 2.45) is 11.8 Å². The molecule has 4 rings (SSSR count). The summed E-state index contributed by atoms with van der Waals surface area (Å²) in [6.45, 7) is 3.05. The number of halogens is 1. The van der Waals surface area contributed by atoms with Crippen LogP contribution in [-0.2, 0) is 0 Å². The van der Waals surface area contributed by atoms with Crippen LogP contribution in [0.5, 0.6) is 11.5 Å². The normalized spacial score (nSPS) is 22.9. The molecular formula is C26H33FO2. The predicted octanol–water partition coefficient (Wildman–Crippen LogP) is 7.09. The van der Waals surface area contributed by atoms with Crippen LogP contribution in [0.4, 0.5) is 4.39 Å². The third kappa shape index (κ3) is 4.94. The molecule has 0 N–H and O–H groups in total. The first-order valence-corrected chi connectivity index (χ1v) is 11.2. The van der Waals surface area contributed by atoms with E-state index in [9.17, 15) is 4.39 Å². The van der Waals surface area contributed by atoms with Gasteiger partial charge in [-0.2, -0.15) is 0 Å². The average Bonchev–Trinajstić information content (AvgIpc) is 3.59. The molecule has 0 unspecified atom stereocenters. The lowest BCUT2D eigenvalue weighted by Crippen LogP contribution is -2.20. The van der Waals surface area contributed by atoms with Gasteiger partial charge in [-0.05, 0) is 110 Å². The molecule has 0 bridgehead atoms. The van der Waals surface area contributed by atoms with Gasteiger partial charge in [0.15, 0.2) is 0 Å². The second-order valence-electron chi connectivity index (χ2n) is 8.84. The second kappa shape index (κ2) is 9.19. The highest BCUT2D eigenvalue weighted by atomic mass is 19.1. The van der Waals surface area contributed by atoms with Crippen LogP contribution < -0.4 is 9.47 Å². The molecule has 0 spiro atoms. The molecule has 156 valence electrons. The van der Waals surface area contributed by atoms with E-state index in [1.165, 1.54) is 30.9 Å². The van der Waals surface area contributed by atoms with Gasteiger partial charge in [-0.1, -0.05) is 19.1 Å². The zero-order valence-corrected chi connectivity index (χ0v) is 17.7. The first kappa shape index (κ1) is 20.3.